The highest BCUT2D eigenvalue weighted by atomic mass is 16.1. The molecule has 2 fully saturated rings. The van der Waals surface area contributed by atoms with Crippen molar-refractivity contribution in [3.63, 3.8) is 0 Å². The van der Waals surface area contributed by atoms with E-state index in [2.05, 4.69) is 61.8 Å². The van der Waals surface area contributed by atoms with Crippen molar-refractivity contribution in [1.29, 1.82) is 0 Å². The van der Waals surface area contributed by atoms with Gasteiger partial charge in [-0.15, -0.1) is 0 Å². The molecule has 33 heavy (non-hydrogen) atoms. The summed E-state index contributed by atoms with van der Waals surface area (Å²) < 4.78 is 0. The van der Waals surface area contributed by atoms with Gasteiger partial charge in [0.15, 0.2) is 0 Å². The maximum atomic E-state index is 11.6. The molecule has 1 aromatic carbocycles. The van der Waals surface area contributed by atoms with Crippen LogP contribution >= 0.6 is 0 Å². The number of benzene rings is 1. The Morgan fingerprint density at radius 3 is 2.03 bits per heavy atom. The van der Waals surface area contributed by atoms with Crippen LogP contribution in [0.1, 0.15) is 65.9 Å². The highest BCUT2D eigenvalue weighted by Crippen LogP contribution is 2.32. The predicted molar refractivity (Wildman–Crippen MR) is 135 cm³/mol. The van der Waals surface area contributed by atoms with Crippen LogP contribution in [0.2, 0.25) is 0 Å². The van der Waals surface area contributed by atoms with Crippen LogP contribution in [-0.4, -0.2) is 51.9 Å². The van der Waals surface area contributed by atoms with Crippen LogP contribution in [0.4, 0.5) is 5.95 Å². The van der Waals surface area contributed by atoms with E-state index in [1.165, 1.54) is 18.4 Å². The minimum Gasteiger partial charge on any atom is -0.333 e. The Morgan fingerprint density at radius 2 is 1.52 bits per heavy atom. The molecule has 1 aromatic heterocycles. The summed E-state index contributed by atoms with van der Waals surface area (Å²) in [7, 11) is 0. The summed E-state index contributed by atoms with van der Waals surface area (Å²) >= 11 is 0. The van der Waals surface area contributed by atoms with Gasteiger partial charge in [0, 0.05) is 55.1 Å². The highest BCUT2D eigenvalue weighted by Gasteiger charge is 2.32. The number of carbonyl (C=O) groups excluding carboxylic acids is 1. The van der Waals surface area contributed by atoms with E-state index in [0.29, 0.717) is 35.7 Å². The maximum Gasteiger partial charge on any atom is 0.225 e. The molecule has 5 heteroatoms. The van der Waals surface area contributed by atoms with Gasteiger partial charge in [-0.1, -0.05) is 24.3 Å². The fraction of sp³-hybridized carbons (Fsp3) is 0.607. The number of carbonyl (C=O) groups is 1. The van der Waals surface area contributed by atoms with Crippen molar-refractivity contribution < 1.29 is 4.79 Å². The molecule has 1 saturated heterocycles. The van der Waals surface area contributed by atoms with E-state index in [4.69, 9.17) is 9.97 Å². The van der Waals surface area contributed by atoms with Crippen molar-refractivity contribution in [3.8, 4) is 11.1 Å². The number of rotatable bonds is 6. The topological polar surface area (TPSA) is 49.3 Å². The molecule has 1 aliphatic carbocycles. The molecule has 2 aliphatic rings. The Bertz CT molecular complexity index is 904. The summed E-state index contributed by atoms with van der Waals surface area (Å²) in [6.45, 7) is 12.9. The number of hydrogen-bond donors (Lipinski definition) is 0. The van der Waals surface area contributed by atoms with E-state index in [0.717, 1.165) is 49.4 Å². The van der Waals surface area contributed by atoms with E-state index in [1.54, 1.807) is 6.92 Å². The number of nitrogens with zero attached hydrogens (tertiary/aromatic N) is 4. The van der Waals surface area contributed by atoms with Gasteiger partial charge in [0.25, 0.3) is 0 Å². The average Bonchev–Trinajstić information content (AvgIpc) is 2.80. The van der Waals surface area contributed by atoms with Gasteiger partial charge < -0.3 is 4.90 Å². The number of anilines is 1. The molecule has 0 radical (unpaired) electrons. The summed E-state index contributed by atoms with van der Waals surface area (Å²) in [6, 6.07) is 10.2. The molecule has 5 nitrogen and oxygen atoms in total. The van der Waals surface area contributed by atoms with Crippen LogP contribution in [0.5, 0.6) is 0 Å². The standard InChI is InChI=1S/C28H40N4O/c1-19(2)31-17-20(3)32(21(4)18-31)28-29-15-27(16-30-28)26-12-8-24(9-13-26)14-23-6-10-25(11-7-23)22(5)33/h8-9,12-13,15-16,19-21,23,25H,6-7,10-11,14,17-18H2,1-5H3. The monoisotopic (exact) mass is 448 g/mol. The zero-order valence-electron chi connectivity index (χ0n) is 21.0. The summed E-state index contributed by atoms with van der Waals surface area (Å²) in [4.78, 5) is 26.0. The lowest BCUT2D eigenvalue weighted by molar-refractivity contribution is -0.121. The fourth-order valence-electron chi connectivity index (χ4n) is 5.72. The predicted octanol–water partition coefficient (Wildman–Crippen LogP) is 5.39. The normalized spacial score (nSPS) is 26.5. The molecule has 2 heterocycles. The summed E-state index contributed by atoms with van der Waals surface area (Å²) in [5.41, 5.74) is 3.61. The van der Waals surface area contributed by atoms with Crippen molar-refractivity contribution >= 4 is 11.7 Å². The third-order valence-corrected chi connectivity index (χ3v) is 7.78. The SMILES string of the molecule is CC(=O)C1CCC(Cc2ccc(-c3cnc(N4C(C)CN(C(C)C)CC4C)nc3)cc2)CC1. The number of hydrogen-bond acceptors (Lipinski definition) is 5. The van der Waals surface area contributed by atoms with E-state index < -0.39 is 0 Å². The Hall–Kier alpha value is -2.27. The molecule has 0 amide bonds. The highest BCUT2D eigenvalue weighted by molar-refractivity contribution is 5.78. The van der Waals surface area contributed by atoms with E-state index >= 15 is 0 Å². The van der Waals surface area contributed by atoms with Crippen LogP contribution in [0.25, 0.3) is 11.1 Å². The lowest BCUT2D eigenvalue weighted by atomic mass is 9.78. The molecule has 0 N–H and O–H groups in total. The second-order valence-electron chi connectivity index (χ2n) is 10.7. The number of piperazine rings is 1. The van der Waals surface area contributed by atoms with Gasteiger partial charge in [0.2, 0.25) is 5.95 Å². The molecular formula is C28H40N4O. The first-order chi connectivity index (χ1) is 15.8. The van der Waals surface area contributed by atoms with Gasteiger partial charge in [0.1, 0.15) is 5.78 Å². The Morgan fingerprint density at radius 1 is 0.939 bits per heavy atom. The van der Waals surface area contributed by atoms with Gasteiger partial charge >= 0.3 is 0 Å². The fourth-order valence-corrected chi connectivity index (χ4v) is 5.72. The van der Waals surface area contributed by atoms with Gasteiger partial charge in [-0.3, -0.25) is 9.69 Å². The van der Waals surface area contributed by atoms with Crippen molar-refractivity contribution in [2.45, 2.75) is 84.8 Å². The zero-order chi connectivity index (χ0) is 23.5. The van der Waals surface area contributed by atoms with E-state index in [9.17, 15) is 4.79 Å². The van der Waals surface area contributed by atoms with E-state index in [-0.39, 0.29) is 0 Å². The molecule has 1 aliphatic heterocycles. The first-order valence-electron chi connectivity index (χ1n) is 12.8. The third kappa shape index (κ3) is 5.63. The van der Waals surface area contributed by atoms with Crippen LogP contribution in [0.3, 0.4) is 0 Å². The Labute approximate surface area is 199 Å². The third-order valence-electron chi connectivity index (χ3n) is 7.78. The Balaban J connectivity index is 1.37. The van der Waals surface area contributed by atoms with E-state index in [1.807, 2.05) is 12.4 Å². The van der Waals surface area contributed by atoms with Gasteiger partial charge in [-0.05, 0) is 83.8 Å². The average molecular weight is 449 g/mol. The largest absolute Gasteiger partial charge is 0.333 e. The van der Waals surface area contributed by atoms with Crippen LogP contribution in [-0.2, 0) is 11.2 Å². The molecule has 2 unspecified atom stereocenters. The van der Waals surface area contributed by atoms with Crippen molar-refractivity contribution in [1.82, 2.24) is 14.9 Å². The Kier molecular flexibility index (Phi) is 7.48. The van der Waals surface area contributed by atoms with Gasteiger partial charge in [-0.2, -0.15) is 0 Å². The molecule has 1 saturated carbocycles. The second-order valence-corrected chi connectivity index (χ2v) is 10.7. The molecular weight excluding hydrogens is 408 g/mol. The van der Waals surface area contributed by atoms with Crippen molar-refractivity contribution in [3.05, 3.63) is 42.2 Å². The van der Waals surface area contributed by atoms with Gasteiger partial charge in [-0.25, -0.2) is 9.97 Å². The smallest absolute Gasteiger partial charge is 0.225 e. The van der Waals surface area contributed by atoms with Gasteiger partial charge in [0.05, 0.1) is 0 Å². The minimum atomic E-state index is 0.302. The number of Topliss-reactive ketones (excluding diaryl/α,β-unsaturated/α-hetero) is 1. The molecule has 0 bridgehead atoms. The van der Waals surface area contributed by atoms with Crippen molar-refractivity contribution in [2.24, 2.45) is 11.8 Å². The van der Waals surface area contributed by atoms with Crippen LogP contribution < -0.4 is 4.90 Å². The molecule has 2 aromatic rings. The number of ketones is 1. The first-order valence-corrected chi connectivity index (χ1v) is 12.8. The molecule has 4 rings (SSSR count). The lowest BCUT2D eigenvalue weighted by Crippen LogP contribution is -2.58. The molecule has 2 atom stereocenters. The molecule has 0 spiro atoms. The molecule has 178 valence electrons. The first kappa shape index (κ1) is 23.9. The summed E-state index contributed by atoms with van der Waals surface area (Å²) in [5.74, 6) is 2.21. The van der Waals surface area contributed by atoms with Crippen LogP contribution in [0.15, 0.2) is 36.7 Å². The summed E-state index contributed by atoms with van der Waals surface area (Å²) in [6.07, 6.45) is 9.51. The van der Waals surface area contributed by atoms with Crippen LogP contribution in [0, 0.1) is 11.8 Å². The lowest BCUT2D eigenvalue weighted by Gasteiger charge is -2.46. The zero-order valence-corrected chi connectivity index (χ0v) is 21.0. The van der Waals surface area contributed by atoms with Crippen molar-refractivity contribution in [2.75, 3.05) is 18.0 Å². The quantitative estimate of drug-likeness (QED) is 0.593. The summed E-state index contributed by atoms with van der Waals surface area (Å²) in [5, 5.41) is 0. The number of aromatic nitrogens is 2. The second kappa shape index (κ2) is 10.3. The minimum absolute atomic E-state index is 0.302. The maximum absolute atomic E-state index is 11.6.